The second-order valence-corrected chi connectivity index (χ2v) is 4.62. The van der Waals surface area contributed by atoms with E-state index in [0.29, 0.717) is 28.5 Å². The standard InChI is InChI=1S/C14H16N2O3/c1-7-5-6-19-12(7)13-15-9(3)11(10(4)16-13)8(2)14(17)18/h5-6,8H,1-4H3,(H,17,18). The highest BCUT2D eigenvalue weighted by atomic mass is 16.4. The fourth-order valence-electron chi connectivity index (χ4n) is 2.18. The van der Waals surface area contributed by atoms with Crippen LogP contribution in [-0.2, 0) is 4.79 Å². The Labute approximate surface area is 111 Å². The Morgan fingerprint density at radius 2 is 1.84 bits per heavy atom. The van der Waals surface area contributed by atoms with Gasteiger partial charge in [-0.3, -0.25) is 4.79 Å². The van der Waals surface area contributed by atoms with Crippen molar-refractivity contribution in [1.82, 2.24) is 9.97 Å². The molecular formula is C14H16N2O3. The van der Waals surface area contributed by atoms with Crippen LogP contribution in [0.15, 0.2) is 16.7 Å². The van der Waals surface area contributed by atoms with Crippen LogP contribution in [0.4, 0.5) is 0 Å². The van der Waals surface area contributed by atoms with Crippen LogP contribution in [0.25, 0.3) is 11.6 Å². The van der Waals surface area contributed by atoms with Gasteiger partial charge in [-0.15, -0.1) is 0 Å². The Morgan fingerprint density at radius 1 is 1.26 bits per heavy atom. The summed E-state index contributed by atoms with van der Waals surface area (Å²) in [6.07, 6.45) is 1.59. The summed E-state index contributed by atoms with van der Waals surface area (Å²) < 4.78 is 5.37. The molecule has 1 unspecified atom stereocenters. The van der Waals surface area contributed by atoms with E-state index in [4.69, 9.17) is 9.52 Å². The summed E-state index contributed by atoms with van der Waals surface area (Å²) in [7, 11) is 0. The average molecular weight is 260 g/mol. The van der Waals surface area contributed by atoms with E-state index in [1.54, 1.807) is 27.0 Å². The van der Waals surface area contributed by atoms with Crippen LogP contribution in [0.2, 0.25) is 0 Å². The van der Waals surface area contributed by atoms with Crippen molar-refractivity contribution in [2.45, 2.75) is 33.6 Å². The Hall–Kier alpha value is -2.17. The second kappa shape index (κ2) is 4.84. The highest BCUT2D eigenvalue weighted by Gasteiger charge is 2.22. The first kappa shape index (κ1) is 13.3. The van der Waals surface area contributed by atoms with Crippen LogP contribution in [0.5, 0.6) is 0 Å². The Morgan fingerprint density at radius 3 is 2.26 bits per heavy atom. The van der Waals surface area contributed by atoms with Gasteiger partial charge in [0, 0.05) is 17.0 Å². The number of aryl methyl sites for hydroxylation is 3. The van der Waals surface area contributed by atoms with E-state index < -0.39 is 11.9 Å². The number of aromatic nitrogens is 2. The summed E-state index contributed by atoms with van der Waals surface area (Å²) in [6, 6.07) is 1.84. The predicted molar refractivity (Wildman–Crippen MR) is 70.0 cm³/mol. The Balaban J connectivity index is 2.54. The molecule has 0 fully saturated rings. The zero-order chi connectivity index (χ0) is 14.2. The van der Waals surface area contributed by atoms with E-state index in [1.807, 2.05) is 13.0 Å². The molecule has 2 aromatic rings. The summed E-state index contributed by atoms with van der Waals surface area (Å²) in [5.41, 5.74) is 2.97. The fourth-order valence-corrected chi connectivity index (χ4v) is 2.18. The predicted octanol–water partition coefficient (Wildman–Crippen LogP) is 2.85. The monoisotopic (exact) mass is 260 g/mol. The maximum atomic E-state index is 11.1. The molecule has 2 rings (SSSR count). The highest BCUT2D eigenvalue weighted by molar-refractivity contribution is 5.76. The lowest BCUT2D eigenvalue weighted by atomic mass is 9.98. The topological polar surface area (TPSA) is 76.2 Å². The van der Waals surface area contributed by atoms with Gasteiger partial charge in [-0.05, 0) is 39.3 Å². The summed E-state index contributed by atoms with van der Waals surface area (Å²) in [5.74, 6) is -0.372. The van der Waals surface area contributed by atoms with Crippen LogP contribution in [-0.4, -0.2) is 21.0 Å². The van der Waals surface area contributed by atoms with Crippen molar-refractivity contribution in [3.63, 3.8) is 0 Å². The smallest absolute Gasteiger partial charge is 0.310 e. The maximum Gasteiger partial charge on any atom is 0.310 e. The number of carboxylic acid groups (broad SMARTS) is 1. The highest BCUT2D eigenvalue weighted by Crippen LogP contribution is 2.26. The minimum atomic E-state index is -0.878. The van der Waals surface area contributed by atoms with Gasteiger partial charge in [0.1, 0.15) is 0 Å². The fraction of sp³-hybridized carbons (Fsp3) is 0.357. The van der Waals surface area contributed by atoms with Crippen LogP contribution in [0, 0.1) is 20.8 Å². The van der Waals surface area contributed by atoms with Crippen molar-refractivity contribution in [2.24, 2.45) is 0 Å². The number of hydrogen-bond donors (Lipinski definition) is 1. The molecular weight excluding hydrogens is 244 g/mol. The van der Waals surface area contributed by atoms with E-state index in [1.165, 1.54) is 0 Å². The third-order valence-corrected chi connectivity index (χ3v) is 3.20. The van der Waals surface area contributed by atoms with Crippen molar-refractivity contribution in [1.29, 1.82) is 0 Å². The van der Waals surface area contributed by atoms with Crippen molar-refractivity contribution in [2.75, 3.05) is 0 Å². The number of nitrogens with zero attached hydrogens (tertiary/aromatic N) is 2. The largest absolute Gasteiger partial charge is 0.481 e. The minimum absolute atomic E-state index is 0.499. The molecule has 2 heterocycles. The van der Waals surface area contributed by atoms with Crippen LogP contribution in [0.1, 0.15) is 35.4 Å². The van der Waals surface area contributed by atoms with E-state index >= 15 is 0 Å². The Bertz CT molecular complexity index is 608. The Kier molecular flexibility index (Phi) is 3.38. The molecule has 0 saturated heterocycles. The molecule has 2 aromatic heterocycles. The zero-order valence-corrected chi connectivity index (χ0v) is 11.4. The minimum Gasteiger partial charge on any atom is -0.481 e. The van der Waals surface area contributed by atoms with Crippen molar-refractivity contribution in [3.05, 3.63) is 34.8 Å². The summed E-state index contributed by atoms with van der Waals surface area (Å²) in [4.78, 5) is 19.8. The van der Waals surface area contributed by atoms with Crippen molar-refractivity contribution >= 4 is 5.97 Å². The van der Waals surface area contributed by atoms with Gasteiger partial charge >= 0.3 is 5.97 Å². The molecule has 19 heavy (non-hydrogen) atoms. The molecule has 1 atom stereocenters. The van der Waals surface area contributed by atoms with Crippen molar-refractivity contribution < 1.29 is 14.3 Å². The van der Waals surface area contributed by atoms with Gasteiger partial charge in [0.25, 0.3) is 0 Å². The molecule has 0 aliphatic heterocycles. The average Bonchev–Trinajstić information content (AvgIpc) is 2.74. The lowest BCUT2D eigenvalue weighted by Gasteiger charge is -2.13. The molecule has 0 amide bonds. The van der Waals surface area contributed by atoms with E-state index in [-0.39, 0.29) is 0 Å². The quantitative estimate of drug-likeness (QED) is 0.918. The number of furan rings is 1. The lowest BCUT2D eigenvalue weighted by Crippen LogP contribution is -2.13. The van der Waals surface area contributed by atoms with Gasteiger partial charge in [0.2, 0.25) is 0 Å². The molecule has 0 saturated carbocycles. The first-order valence-corrected chi connectivity index (χ1v) is 6.04. The SMILES string of the molecule is Cc1ccoc1-c1nc(C)c(C(C)C(=O)O)c(C)n1. The van der Waals surface area contributed by atoms with Gasteiger partial charge in [0.05, 0.1) is 12.2 Å². The normalized spacial score (nSPS) is 12.4. The molecule has 5 nitrogen and oxygen atoms in total. The van der Waals surface area contributed by atoms with Gasteiger partial charge in [-0.1, -0.05) is 0 Å². The number of hydrogen-bond acceptors (Lipinski definition) is 4. The molecule has 0 radical (unpaired) electrons. The molecule has 0 spiro atoms. The van der Waals surface area contributed by atoms with Crippen LogP contribution in [0.3, 0.4) is 0 Å². The van der Waals surface area contributed by atoms with Gasteiger partial charge in [-0.2, -0.15) is 0 Å². The van der Waals surface area contributed by atoms with Crippen LogP contribution >= 0.6 is 0 Å². The molecule has 0 bridgehead atoms. The molecule has 100 valence electrons. The summed E-state index contributed by atoms with van der Waals surface area (Å²) in [5, 5.41) is 9.11. The lowest BCUT2D eigenvalue weighted by molar-refractivity contribution is -0.138. The number of carboxylic acids is 1. The second-order valence-electron chi connectivity index (χ2n) is 4.62. The molecule has 0 aliphatic carbocycles. The first-order chi connectivity index (χ1) is 8.91. The van der Waals surface area contributed by atoms with E-state index in [9.17, 15) is 4.79 Å². The zero-order valence-electron chi connectivity index (χ0n) is 11.4. The van der Waals surface area contributed by atoms with Gasteiger partial charge < -0.3 is 9.52 Å². The third-order valence-electron chi connectivity index (χ3n) is 3.20. The number of aliphatic carboxylic acids is 1. The molecule has 1 N–H and O–H groups in total. The maximum absolute atomic E-state index is 11.1. The van der Waals surface area contributed by atoms with Gasteiger partial charge in [0.15, 0.2) is 11.6 Å². The van der Waals surface area contributed by atoms with Crippen LogP contribution < -0.4 is 0 Å². The van der Waals surface area contributed by atoms with E-state index in [2.05, 4.69) is 9.97 Å². The summed E-state index contributed by atoms with van der Waals surface area (Å²) >= 11 is 0. The molecule has 0 aliphatic rings. The number of carbonyl (C=O) groups is 1. The first-order valence-electron chi connectivity index (χ1n) is 6.04. The third kappa shape index (κ3) is 2.36. The van der Waals surface area contributed by atoms with Crippen molar-refractivity contribution in [3.8, 4) is 11.6 Å². The number of rotatable bonds is 3. The van der Waals surface area contributed by atoms with E-state index in [0.717, 1.165) is 5.56 Å². The molecule has 0 aromatic carbocycles. The molecule has 5 heteroatoms. The van der Waals surface area contributed by atoms with Gasteiger partial charge in [-0.25, -0.2) is 9.97 Å². The summed E-state index contributed by atoms with van der Waals surface area (Å²) in [6.45, 7) is 7.15.